The Morgan fingerprint density at radius 1 is 1.14 bits per heavy atom. The molecule has 1 aliphatic heterocycles. The zero-order chi connectivity index (χ0) is 14.6. The Hall–Kier alpha value is -0.680. The first-order valence-electron chi connectivity index (χ1n) is 8.26. The van der Waals surface area contributed by atoms with Crippen LogP contribution in [0, 0.1) is 23.2 Å². The molecule has 1 atom stereocenters. The number of amides is 1. The molecule has 4 aliphatic carbocycles. The number of nitrogens with two attached hydrogens (primary N) is 1. The molecule has 0 spiro atoms. The van der Waals surface area contributed by atoms with Crippen molar-refractivity contribution in [3.05, 3.63) is 0 Å². The van der Waals surface area contributed by atoms with E-state index in [0.717, 1.165) is 37.0 Å². The molecule has 116 valence electrons. The van der Waals surface area contributed by atoms with E-state index in [0.29, 0.717) is 30.6 Å². The van der Waals surface area contributed by atoms with Gasteiger partial charge in [0.25, 0.3) is 0 Å². The molecule has 0 radical (unpaired) electrons. The molecule has 0 aromatic rings. The smallest absolute Gasteiger partial charge is 0.229 e. The molecular weight excluding hydrogens is 284 g/mol. The second-order valence-electron chi connectivity index (χ2n) is 7.71. The highest BCUT2D eigenvalue weighted by molar-refractivity contribution is 7.80. The number of thiocarbonyl (C=S) groups is 1. The van der Waals surface area contributed by atoms with E-state index in [1.807, 2.05) is 4.90 Å². The van der Waals surface area contributed by atoms with Gasteiger partial charge in [-0.05, 0) is 56.3 Å². The summed E-state index contributed by atoms with van der Waals surface area (Å²) in [6, 6.07) is 0. The van der Waals surface area contributed by atoms with Crippen molar-refractivity contribution in [3.8, 4) is 0 Å². The van der Waals surface area contributed by atoms with Gasteiger partial charge < -0.3 is 15.4 Å². The molecule has 4 nitrogen and oxygen atoms in total. The first kappa shape index (κ1) is 13.9. The van der Waals surface area contributed by atoms with E-state index in [9.17, 15) is 4.79 Å². The number of ether oxygens (including phenoxy) is 1. The predicted molar refractivity (Wildman–Crippen MR) is 83.7 cm³/mol. The van der Waals surface area contributed by atoms with Crippen LogP contribution in [0.15, 0.2) is 0 Å². The van der Waals surface area contributed by atoms with Crippen LogP contribution < -0.4 is 5.73 Å². The van der Waals surface area contributed by atoms with Crippen LogP contribution in [0.3, 0.4) is 0 Å². The standard InChI is InChI=1S/C16H24N2O2S/c17-14(21)13-9-18(1-2-20-13)15(19)16-6-10-3-11(7-16)5-12(4-10)8-16/h10-13H,1-9H2,(H2,17,21). The largest absolute Gasteiger partial charge is 0.391 e. The van der Waals surface area contributed by atoms with Crippen LogP contribution in [0.5, 0.6) is 0 Å². The molecule has 21 heavy (non-hydrogen) atoms. The van der Waals surface area contributed by atoms with E-state index in [1.165, 1.54) is 19.3 Å². The Kier molecular flexibility index (Phi) is 3.26. The van der Waals surface area contributed by atoms with E-state index >= 15 is 0 Å². The van der Waals surface area contributed by atoms with Gasteiger partial charge >= 0.3 is 0 Å². The van der Waals surface area contributed by atoms with Crippen LogP contribution >= 0.6 is 12.2 Å². The van der Waals surface area contributed by atoms with Crippen LogP contribution in [-0.2, 0) is 9.53 Å². The van der Waals surface area contributed by atoms with E-state index in [4.69, 9.17) is 22.7 Å². The number of carbonyl (C=O) groups excluding carboxylic acids is 1. The maximum atomic E-state index is 13.2. The third-order valence-electron chi connectivity index (χ3n) is 6.16. The molecule has 5 fully saturated rings. The van der Waals surface area contributed by atoms with Gasteiger partial charge in [0.1, 0.15) is 11.1 Å². The molecule has 2 N–H and O–H groups in total. The average Bonchev–Trinajstić information content (AvgIpc) is 2.45. The minimum Gasteiger partial charge on any atom is -0.391 e. The molecular formula is C16H24N2O2S. The quantitative estimate of drug-likeness (QED) is 0.789. The highest BCUT2D eigenvalue weighted by Crippen LogP contribution is 2.60. The molecule has 5 heteroatoms. The fourth-order valence-electron chi connectivity index (χ4n) is 5.71. The fraction of sp³-hybridized carbons (Fsp3) is 0.875. The molecule has 1 unspecified atom stereocenters. The Morgan fingerprint density at radius 3 is 2.24 bits per heavy atom. The van der Waals surface area contributed by atoms with Crippen molar-refractivity contribution in [2.75, 3.05) is 19.7 Å². The topological polar surface area (TPSA) is 55.6 Å². The lowest BCUT2D eigenvalue weighted by atomic mass is 9.49. The third-order valence-corrected chi connectivity index (χ3v) is 6.43. The molecule has 4 bridgehead atoms. The summed E-state index contributed by atoms with van der Waals surface area (Å²) in [5.74, 6) is 2.76. The van der Waals surface area contributed by atoms with Gasteiger partial charge in [-0.3, -0.25) is 4.79 Å². The highest BCUT2D eigenvalue weighted by Gasteiger charge is 2.55. The number of nitrogens with zero attached hydrogens (tertiary/aromatic N) is 1. The second-order valence-corrected chi connectivity index (χ2v) is 8.18. The van der Waals surface area contributed by atoms with Gasteiger partial charge in [0.05, 0.1) is 18.6 Å². The Morgan fingerprint density at radius 2 is 1.71 bits per heavy atom. The van der Waals surface area contributed by atoms with Gasteiger partial charge in [0.2, 0.25) is 5.91 Å². The van der Waals surface area contributed by atoms with Crippen molar-refractivity contribution in [3.63, 3.8) is 0 Å². The van der Waals surface area contributed by atoms with E-state index < -0.39 is 0 Å². The summed E-state index contributed by atoms with van der Waals surface area (Å²) >= 11 is 5.04. The van der Waals surface area contributed by atoms with E-state index in [1.54, 1.807) is 0 Å². The number of morpholine rings is 1. The number of carbonyl (C=O) groups is 1. The van der Waals surface area contributed by atoms with Gasteiger partial charge in [-0.1, -0.05) is 12.2 Å². The zero-order valence-corrected chi connectivity index (χ0v) is 13.2. The molecule has 1 amide bonds. The Balaban J connectivity index is 1.53. The van der Waals surface area contributed by atoms with Crippen molar-refractivity contribution in [2.45, 2.75) is 44.6 Å². The normalized spacial score (nSPS) is 44.9. The first-order valence-corrected chi connectivity index (χ1v) is 8.67. The molecule has 4 saturated carbocycles. The fourth-order valence-corrected chi connectivity index (χ4v) is 5.86. The summed E-state index contributed by atoms with van der Waals surface area (Å²) in [7, 11) is 0. The van der Waals surface area contributed by atoms with Gasteiger partial charge in [0, 0.05) is 6.54 Å². The van der Waals surface area contributed by atoms with Crippen LogP contribution in [0.4, 0.5) is 0 Å². The molecule has 5 aliphatic rings. The molecule has 1 saturated heterocycles. The summed E-state index contributed by atoms with van der Waals surface area (Å²) in [5, 5.41) is 0. The molecule has 1 heterocycles. The number of rotatable bonds is 2. The van der Waals surface area contributed by atoms with Crippen molar-refractivity contribution < 1.29 is 9.53 Å². The molecule has 5 rings (SSSR count). The summed E-state index contributed by atoms with van der Waals surface area (Å²) < 4.78 is 5.58. The minimum atomic E-state index is -0.258. The minimum absolute atomic E-state index is 0.0626. The Labute approximate surface area is 131 Å². The number of hydrogen-bond donors (Lipinski definition) is 1. The van der Waals surface area contributed by atoms with E-state index in [2.05, 4.69) is 0 Å². The molecule has 0 aromatic carbocycles. The van der Waals surface area contributed by atoms with Gasteiger partial charge in [-0.15, -0.1) is 0 Å². The van der Waals surface area contributed by atoms with Crippen molar-refractivity contribution >= 4 is 23.1 Å². The maximum absolute atomic E-state index is 13.2. The third kappa shape index (κ3) is 2.29. The average molecular weight is 308 g/mol. The van der Waals surface area contributed by atoms with Gasteiger partial charge in [-0.25, -0.2) is 0 Å². The van der Waals surface area contributed by atoms with Crippen molar-refractivity contribution in [1.29, 1.82) is 0 Å². The SMILES string of the molecule is NC(=S)C1CN(C(=O)C23CC4CC(CC(C4)C2)C3)CCO1. The highest BCUT2D eigenvalue weighted by atomic mass is 32.1. The van der Waals surface area contributed by atoms with Crippen molar-refractivity contribution in [1.82, 2.24) is 4.90 Å². The van der Waals surface area contributed by atoms with Crippen molar-refractivity contribution in [2.24, 2.45) is 28.9 Å². The van der Waals surface area contributed by atoms with Crippen LogP contribution in [0.1, 0.15) is 38.5 Å². The van der Waals surface area contributed by atoms with Crippen LogP contribution in [0.25, 0.3) is 0 Å². The summed E-state index contributed by atoms with van der Waals surface area (Å²) in [6.07, 6.45) is 7.19. The zero-order valence-electron chi connectivity index (χ0n) is 12.4. The van der Waals surface area contributed by atoms with Crippen LogP contribution in [-0.4, -0.2) is 41.6 Å². The number of hydrogen-bond acceptors (Lipinski definition) is 3. The predicted octanol–water partition coefficient (Wildman–Crippen LogP) is 1.72. The van der Waals surface area contributed by atoms with Crippen LogP contribution in [0.2, 0.25) is 0 Å². The first-order chi connectivity index (χ1) is 10.1. The summed E-state index contributed by atoms with van der Waals surface area (Å²) in [5.41, 5.74) is 5.64. The monoisotopic (exact) mass is 308 g/mol. The Bertz CT molecular complexity index is 444. The lowest BCUT2D eigenvalue weighted by Gasteiger charge is -2.57. The van der Waals surface area contributed by atoms with Gasteiger partial charge in [0.15, 0.2) is 0 Å². The molecule has 0 aromatic heterocycles. The lowest BCUT2D eigenvalue weighted by Crippen LogP contribution is -2.58. The lowest BCUT2D eigenvalue weighted by molar-refractivity contribution is -0.162. The van der Waals surface area contributed by atoms with Gasteiger partial charge in [-0.2, -0.15) is 0 Å². The second kappa shape index (κ2) is 4.92. The van der Waals surface area contributed by atoms with E-state index in [-0.39, 0.29) is 11.5 Å². The summed E-state index contributed by atoms with van der Waals surface area (Å²) in [6.45, 7) is 1.80. The maximum Gasteiger partial charge on any atom is 0.229 e. The summed E-state index contributed by atoms with van der Waals surface area (Å²) in [4.78, 5) is 15.6.